The van der Waals surface area contributed by atoms with E-state index < -0.39 is 0 Å². The maximum absolute atomic E-state index is 5.57. The number of ether oxygens (including phenoxy) is 2. The van der Waals surface area contributed by atoms with Crippen molar-refractivity contribution >= 4 is 5.69 Å². The minimum atomic E-state index is 0.557. The Hall–Kier alpha value is -2.30. The Bertz CT molecular complexity index is 568. The predicted molar refractivity (Wildman–Crippen MR) is 73.5 cm³/mol. The summed E-state index contributed by atoms with van der Waals surface area (Å²) in [5, 5.41) is 0. The number of benzene rings is 1. The molecule has 0 atom stereocenters. The van der Waals surface area contributed by atoms with Crippen molar-refractivity contribution in [3.05, 3.63) is 41.5 Å². The molecular formula is C14H17N3O2. The highest BCUT2D eigenvalue weighted by Gasteiger charge is 2.12. The third-order valence-electron chi connectivity index (χ3n) is 2.94. The van der Waals surface area contributed by atoms with Gasteiger partial charge in [0, 0.05) is 17.5 Å². The number of methoxy groups -OCH3 is 2. The topological polar surface area (TPSA) is 70.3 Å². The van der Waals surface area contributed by atoms with Gasteiger partial charge in [-0.1, -0.05) is 6.07 Å². The molecule has 2 rings (SSSR count). The Morgan fingerprint density at radius 2 is 1.79 bits per heavy atom. The summed E-state index contributed by atoms with van der Waals surface area (Å²) in [5.41, 5.74) is 8.12. The SMILES string of the molecule is COc1ccc(Cc2ncc(N)cn2)c(OC)c1C. The van der Waals surface area contributed by atoms with Gasteiger partial charge in [-0.15, -0.1) is 0 Å². The molecule has 0 saturated carbocycles. The molecule has 2 N–H and O–H groups in total. The van der Waals surface area contributed by atoms with Gasteiger partial charge >= 0.3 is 0 Å². The van der Waals surface area contributed by atoms with Crippen LogP contribution in [0.25, 0.3) is 0 Å². The van der Waals surface area contributed by atoms with Crippen LogP contribution < -0.4 is 15.2 Å². The summed E-state index contributed by atoms with van der Waals surface area (Å²) in [4.78, 5) is 8.40. The van der Waals surface area contributed by atoms with Gasteiger partial charge in [-0.25, -0.2) is 9.97 Å². The molecule has 19 heavy (non-hydrogen) atoms. The van der Waals surface area contributed by atoms with Crippen molar-refractivity contribution in [2.45, 2.75) is 13.3 Å². The molecule has 5 nitrogen and oxygen atoms in total. The van der Waals surface area contributed by atoms with E-state index in [1.807, 2.05) is 19.1 Å². The van der Waals surface area contributed by atoms with Crippen molar-refractivity contribution in [2.24, 2.45) is 0 Å². The Morgan fingerprint density at radius 3 is 2.37 bits per heavy atom. The van der Waals surface area contributed by atoms with Crippen molar-refractivity contribution in [2.75, 3.05) is 20.0 Å². The molecule has 0 spiro atoms. The van der Waals surface area contributed by atoms with Crippen LogP contribution in [0.5, 0.6) is 11.5 Å². The standard InChI is InChI=1S/C14H17N3O2/c1-9-12(18-2)5-4-10(14(9)19-3)6-13-16-7-11(15)8-17-13/h4-5,7-8H,6,15H2,1-3H3. The third-order valence-corrected chi connectivity index (χ3v) is 2.94. The second kappa shape index (κ2) is 5.56. The summed E-state index contributed by atoms with van der Waals surface area (Å²) in [7, 11) is 3.29. The zero-order valence-corrected chi connectivity index (χ0v) is 11.3. The van der Waals surface area contributed by atoms with E-state index in [-0.39, 0.29) is 0 Å². The van der Waals surface area contributed by atoms with Gasteiger partial charge in [-0.05, 0) is 13.0 Å². The van der Waals surface area contributed by atoms with Crippen LogP contribution in [-0.2, 0) is 6.42 Å². The quantitative estimate of drug-likeness (QED) is 0.909. The van der Waals surface area contributed by atoms with Crippen molar-refractivity contribution in [1.29, 1.82) is 0 Å². The second-order valence-electron chi connectivity index (χ2n) is 4.19. The molecule has 0 aliphatic heterocycles. The number of rotatable bonds is 4. The Morgan fingerprint density at radius 1 is 1.11 bits per heavy atom. The van der Waals surface area contributed by atoms with E-state index in [1.54, 1.807) is 26.6 Å². The number of nitrogens with two attached hydrogens (primary N) is 1. The molecule has 100 valence electrons. The lowest BCUT2D eigenvalue weighted by Crippen LogP contribution is -2.02. The first kappa shape index (κ1) is 13.1. The fraction of sp³-hybridized carbons (Fsp3) is 0.286. The minimum Gasteiger partial charge on any atom is -0.496 e. The van der Waals surface area contributed by atoms with E-state index in [4.69, 9.17) is 15.2 Å². The van der Waals surface area contributed by atoms with E-state index in [9.17, 15) is 0 Å². The average molecular weight is 259 g/mol. The summed E-state index contributed by atoms with van der Waals surface area (Å²) >= 11 is 0. The van der Waals surface area contributed by atoms with Crippen molar-refractivity contribution in [3.63, 3.8) is 0 Å². The molecular weight excluding hydrogens is 242 g/mol. The molecule has 0 aliphatic carbocycles. The summed E-state index contributed by atoms with van der Waals surface area (Å²) in [6, 6.07) is 3.88. The van der Waals surface area contributed by atoms with E-state index in [1.165, 1.54) is 0 Å². The van der Waals surface area contributed by atoms with Crippen LogP contribution >= 0.6 is 0 Å². The lowest BCUT2D eigenvalue weighted by atomic mass is 10.1. The molecule has 0 aliphatic rings. The van der Waals surface area contributed by atoms with Crippen molar-refractivity contribution < 1.29 is 9.47 Å². The van der Waals surface area contributed by atoms with Gasteiger partial charge in [-0.2, -0.15) is 0 Å². The largest absolute Gasteiger partial charge is 0.496 e. The predicted octanol–water partition coefficient (Wildman–Crippen LogP) is 1.98. The summed E-state index contributed by atoms with van der Waals surface area (Å²) < 4.78 is 10.7. The zero-order valence-electron chi connectivity index (χ0n) is 11.3. The number of hydrogen-bond donors (Lipinski definition) is 1. The zero-order chi connectivity index (χ0) is 13.8. The van der Waals surface area contributed by atoms with E-state index in [0.717, 1.165) is 22.6 Å². The van der Waals surface area contributed by atoms with Crippen LogP contribution in [0.15, 0.2) is 24.5 Å². The molecule has 2 aromatic rings. The number of nitrogen functional groups attached to an aromatic ring is 1. The summed E-state index contributed by atoms with van der Waals surface area (Å²) in [6.07, 6.45) is 3.80. The molecule has 0 fully saturated rings. The molecule has 0 radical (unpaired) electrons. The van der Waals surface area contributed by atoms with Crippen LogP contribution in [0.2, 0.25) is 0 Å². The monoisotopic (exact) mass is 259 g/mol. The average Bonchev–Trinajstić information content (AvgIpc) is 2.42. The van der Waals surface area contributed by atoms with Gasteiger partial charge in [0.25, 0.3) is 0 Å². The Labute approximate surface area is 112 Å². The maximum atomic E-state index is 5.57. The molecule has 0 saturated heterocycles. The molecule has 1 aromatic carbocycles. The first-order valence-electron chi connectivity index (χ1n) is 5.92. The van der Waals surface area contributed by atoms with Gasteiger partial charge in [0.1, 0.15) is 17.3 Å². The Kier molecular flexibility index (Phi) is 3.85. The Balaban J connectivity index is 2.34. The smallest absolute Gasteiger partial charge is 0.132 e. The van der Waals surface area contributed by atoms with Crippen molar-refractivity contribution in [3.8, 4) is 11.5 Å². The summed E-state index contributed by atoms with van der Waals surface area (Å²) in [5.74, 6) is 2.32. The van der Waals surface area contributed by atoms with Gasteiger partial charge in [-0.3, -0.25) is 0 Å². The number of aromatic nitrogens is 2. The van der Waals surface area contributed by atoms with Crippen LogP contribution in [0, 0.1) is 6.92 Å². The highest BCUT2D eigenvalue weighted by atomic mass is 16.5. The maximum Gasteiger partial charge on any atom is 0.132 e. The molecule has 1 aromatic heterocycles. The molecule has 0 unspecified atom stereocenters. The fourth-order valence-corrected chi connectivity index (χ4v) is 2.00. The highest BCUT2D eigenvalue weighted by Crippen LogP contribution is 2.32. The van der Waals surface area contributed by atoms with E-state index in [2.05, 4.69) is 9.97 Å². The normalized spacial score (nSPS) is 10.3. The first-order chi connectivity index (χ1) is 9.15. The molecule has 0 bridgehead atoms. The van der Waals surface area contributed by atoms with Gasteiger partial charge in [0.2, 0.25) is 0 Å². The van der Waals surface area contributed by atoms with Gasteiger partial charge in [0.15, 0.2) is 0 Å². The van der Waals surface area contributed by atoms with Crippen LogP contribution in [0.3, 0.4) is 0 Å². The first-order valence-corrected chi connectivity index (χ1v) is 5.92. The van der Waals surface area contributed by atoms with Crippen LogP contribution in [0.1, 0.15) is 17.0 Å². The number of hydrogen-bond acceptors (Lipinski definition) is 5. The lowest BCUT2D eigenvalue weighted by Gasteiger charge is -2.14. The van der Waals surface area contributed by atoms with Crippen LogP contribution in [-0.4, -0.2) is 24.2 Å². The number of nitrogens with zero attached hydrogens (tertiary/aromatic N) is 2. The van der Waals surface area contributed by atoms with Gasteiger partial charge in [0.05, 0.1) is 32.3 Å². The second-order valence-corrected chi connectivity index (χ2v) is 4.19. The van der Waals surface area contributed by atoms with Crippen LogP contribution in [0.4, 0.5) is 5.69 Å². The van der Waals surface area contributed by atoms with Crippen molar-refractivity contribution in [1.82, 2.24) is 9.97 Å². The van der Waals surface area contributed by atoms with Gasteiger partial charge < -0.3 is 15.2 Å². The molecule has 1 heterocycles. The summed E-state index contributed by atoms with van der Waals surface area (Å²) in [6.45, 7) is 1.96. The van der Waals surface area contributed by atoms with E-state index >= 15 is 0 Å². The van der Waals surface area contributed by atoms with E-state index in [0.29, 0.717) is 17.9 Å². The number of anilines is 1. The minimum absolute atomic E-state index is 0.557. The highest BCUT2D eigenvalue weighted by molar-refractivity contribution is 5.50. The third kappa shape index (κ3) is 2.76. The molecule has 5 heteroatoms. The molecule has 0 amide bonds. The lowest BCUT2D eigenvalue weighted by molar-refractivity contribution is 0.386. The fourth-order valence-electron chi connectivity index (χ4n) is 2.00.